The molecule has 1 fully saturated rings. The highest BCUT2D eigenvalue weighted by atomic mass is 32.1. The topological polar surface area (TPSA) is 28.2 Å². The Morgan fingerprint density at radius 1 is 1.58 bits per heavy atom. The van der Waals surface area contributed by atoms with Crippen molar-refractivity contribution in [1.29, 1.82) is 0 Å². The van der Waals surface area contributed by atoms with Crippen molar-refractivity contribution in [2.75, 3.05) is 13.1 Å². The largest absolute Gasteiger partial charge is 0.312 e. The molecular formula is C15H27N3S. The van der Waals surface area contributed by atoms with Gasteiger partial charge in [0.1, 0.15) is 5.01 Å². The molecule has 1 N–H and O–H groups in total. The predicted octanol–water partition coefficient (Wildman–Crippen LogP) is 3.05. The van der Waals surface area contributed by atoms with Crippen LogP contribution < -0.4 is 5.32 Å². The molecule has 1 aromatic rings. The number of thiazole rings is 1. The van der Waals surface area contributed by atoms with Gasteiger partial charge in [0.2, 0.25) is 0 Å². The summed E-state index contributed by atoms with van der Waals surface area (Å²) in [5, 5.41) is 7.14. The minimum Gasteiger partial charge on any atom is -0.312 e. The Bertz CT molecular complexity index is 390. The quantitative estimate of drug-likeness (QED) is 0.919. The molecule has 0 saturated carbocycles. The van der Waals surface area contributed by atoms with E-state index in [1.54, 1.807) is 11.3 Å². The molecule has 19 heavy (non-hydrogen) atoms. The Hall–Kier alpha value is -0.450. The molecule has 0 spiro atoms. The van der Waals surface area contributed by atoms with Crippen molar-refractivity contribution >= 4 is 11.3 Å². The third-order valence-electron chi connectivity index (χ3n) is 4.36. The van der Waals surface area contributed by atoms with Gasteiger partial charge in [-0.2, -0.15) is 0 Å². The Morgan fingerprint density at radius 3 is 3.00 bits per heavy atom. The van der Waals surface area contributed by atoms with Crippen molar-refractivity contribution in [2.45, 2.75) is 59.2 Å². The van der Waals surface area contributed by atoms with Gasteiger partial charge in [-0.1, -0.05) is 20.3 Å². The molecule has 2 rings (SSSR count). The average molecular weight is 281 g/mol. The van der Waals surface area contributed by atoms with Crippen LogP contribution in [0.5, 0.6) is 0 Å². The summed E-state index contributed by atoms with van der Waals surface area (Å²) in [4.78, 5) is 7.22. The molecule has 0 radical (unpaired) electrons. The van der Waals surface area contributed by atoms with Gasteiger partial charge in [0, 0.05) is 29.7 Å². The number of aromatic nitrogens is 1. The summed E-state index contributed by atoms with van der Waals surface area (Å²) in [5.41, 5.74) is 1.15. The maximum absolute atomic E-state index is 4.62. The Morgan fingerprint density at radius 2 is 2.37 bits per heavy atom. The first-order valence-corrected chi connectivity index (χ1v) is 8.36. The summed E-state index contributed by atoms with van der Waals surface area (Å²) in [7, 11) is 0. The Balaban J connectivity index is 2.02. The van der Waals surface area contributed by atoms with Gasteiger partial charge in [0.25, 0.3) is 0 Å². The van der Waals surface area contributed by atoms with Crippen LogP contribution in [0.4, 0.5) is 0 Å². The molecule has 1 aliphatic heterocycles. The summed E-state index contributed by atoms with van der Waals surface area (Å²) < 4.78 is 0. The normalized spacial score (nSPS) is 27.2. The molecule has 0 aromatic carbocycles. The van der Waals surface area contributed by atoms with Crippen LogP contribution in [0.2, 0.25) is 0 Å². The molecule has 108 valence electrons. The second-order valence-corrected chi connectivity index (χ2v) is 6.84. The van der Waals surface area contributed by atoms with Crippen LogP contribution in [0, 0.1) is 12.8 Å². The molecule has 0 bridgehead atoms. The van der Waals surface area contributed by atoms with Crippen LogP contribution >= 0.6 is 11.3 Å². The summed E-state index contributed by atoms with van der Waals surface area (Å²) in [5.74, 6) is 0.742. The second kappa shape index (κ2) is 6.82. The fourth-order valence-electron chi connectivity index (χ4n) is 2.69. The van der Waals surface area contributed by atoms with Gasteiger partial charge < -0.3 is 5.32 Å². The fraction of sp³-hybridized carbons (Fsp3) is 0.800. The zero-order chi connectivity index (χ0) is 13.8. The van der Waals surface area contributed by atoms with Crippen molar-refractivity contribution in [3.8, 4) is 0 Å². The van der Waals surface area contributed by atoms with E-state index in [2.05, 4.69) is 48.3 Å². The SMILES string of the molecule is CCC(C)C1CN(Cc2nc(C)cs2)C(C)CCN1. The number of rotatable bonds is 4. The molecule has 2 heterocycles. The van der Waals surface area contributed by atoms with Crippen LogP contribution in [0.3, 0.4) is 0 Å². The van der Waals surface area contributed by atoms with Crippen molar-refractivity contribution in [2.24, 2.45) is 5.92 Å². The van der Waals surface area contributed by atoms with Gasteiger partial charge in [-0.25, -0.2) is 4.98 Å². The lowest BCUT2D eigenvalue weighted by atomic mass is 9.99. The minimum atomic E-state index is 0.621. The van der Waals surface area contributed by atoms with Gasteiger partial charge in [0.15, 0.2) is 0 Å². The number of aryl methyl sites for hydroxylation is 1. The van der Waals surface area contributed by atoms with Crippen molar-refractivity contribution in [1.82, 2.24) is 15.2 Å². The first kappa shape index (κ1) is 14.9. The average Bonchev–Trinajstić information content (AvgIpc) is 2.71. The van der Waals surface area contributed by atoms with Gasteiger partial charge in [-0.15, -0.1) is 11.3 Å². The Kier molecular flexibility index (Phi) is 5.37. The van der Waals surface area contributed by atoms with E-state index in [1.807, 2.05) is 0 Å². The maximum Gasteiger partial charge on any atom is 0.107 e. The first-order valence-electron chi connectivity index (χ1n) is 7.48. The molecular weight excluding hydrogens is 254 g/mol. The monoisotopic (exact) mass is 281 g/mol. The fourth-order valence-corrected chi connectivity index (χ4v) is 3.49. The standard InChI is InChI=1S/C15H27N3S/c1-5-11(2)14-8-18(13(4)6-7-16-14)9-15-17-12(3)10-19-15/h10-11,13-14,16H,5-9H2,1-4H3. The number of nitrogens with one attached hydrogen (secondary N) is 1. The van der Waals surface area contributed by atoms with E-state index >= 15 is 0 Å². The number of hydrogen-bond acceptors (Lipinski definition) is 4. The molecule has 3 nitrogen and oxygen atoms in total. The van der Waals surface area contributed by atoms with E-state index in [1.165, 1.54) is 17.8 Å². The molecule has 4 heteroatoms. The minimum absolute atomic E-state index is 0.621. The predicted molar refractivity (Wildman–Crippen MR) is 82.6 cm³/mol. The van der Waals surface area contributed by atoms with E-state index in [9.17, 15) is 0 Å². The third-order valence-corrected chi connectivity index (χ3v) is 5.31. The van der Waals surface area contributed by atoms with Crippen LogP contribution in [-0.4, -0.2) is 35.1 Å². The molecule has 3 atom stereocenters. The molecule has 0 aliphatic carbocycles. The van der Waals surface area contributed by atoms with Crippen LogP contribution in [0.1, 0.15) is 44.3 Å². The lowest BCUT2D eigenvalue weighted by molar-refractivity contribution is 0.180. The molecule has 0 amide bonds. The lowest BCUT2D eigenvalue weighted by Crippen LogP contribution is -2.43. The summed E-state index contributed by atoms with van der Waals surface area (Å²) >= 11 is 1.79. The van der Waals surface area contributed by atoms with Gasteiger partial charge in [0.05, 0.1) is 6.54 Å². The maximum atomic E-state index is 4.62. The van der Waals surface area contributed by atoms with Crippen molar-refractivity contribution < 1.29 is 0 Å². The summed E-state index contributed by atoms with van der Waals surface area (Å²) in [6.07, 6.45) is 2.48. The zero-order valence-electron chi connectivity index (χ0n) is 12.6. The van der Waals surface area contributed by atoms with E-state index in [4.69, 9.17) is 0 Å². The van der Waals surface area contributed by atoms with Crippen LogP contribution in [-0.2, 0) is 6.54 Å². The smallest absolute Gasteiger partial charge is 0.107 e. The molecule has 1 aromatic heterocycles. The zero-order valence-corrected chi connectivity index (χ0v) is 13.5. The highest BCUT2D eigenvalue weighted by Crippen LogP contribution is 2.19. The Labute approximate surface area is 121 Å². The van der Waals surface area contributed by atoms with Gasteiger partial charge in [-0.05, 0) is 32.7 Å². The molecule has 1 aliphatic rings. The van der Waals surface area contributed by atoms with E-state index < -0.39 is 0 Å². The highest BCUT2D eigenvalue weighted by Gasteiger charge is 2.26. The first-order chi connectivity index (χ1) is 9.10. The summed E-state index contributed by atoms with van der Waals surface area (Å²) in [6.45, 7) is 12.4. The van der Waals surface area contributed by atoms with Crippen LogP contribution in [0.25, 0.3) is 0 Å². The number of hydrogen-bond donors (Lipinski definition) is 1. The lowest BCUT2D eigenvalue weighted by Gasteiger charge is -2.30. The van der Waals surface area contributed by atoms with Crippen LogP contribution in [0.15, 0.2) is 5.38 Å². The molecule has 3 unspecified atom stereocenters. The van der Waals surface area contributed by atoms with Gasteiger partial charge >= 0.3 is 0 Å². The van der Waals surface area contributed by atoms with Gasteiger partial charge in [-0.3, -0.25) is 4.90 Å². The van der Waals surface area contributed by atoms with Crippen molar-refractivity contribution in [3.05, 3.63) is 16.1 Å². The van der Waals surface area contributed by atoms with Crippen molar-refractivity contribution in [3.63, 3.8) is 0 Å². The highest BCUT2D eigenvalue weighted by molar-refractivity contribution is 7.09. The van der Waals surface area contributed by atoms with E-state index in [0.717, 1.165) is 31.2 Å². The number of nitrogens with zero attached hydrogens (tertiary/aromatic N) is 2. The second-order valence-electron chi connectivity index (χ2n) is 5.90. The third kappa shape index (κ3) is 4.01. The van der Waals surface area contributed by atoms with E-state index in [-0.39, 0.29) is 0 Å². The summed E-state index contributed by atoms with van der Waals surface area (Å²) in [6, 6.07) is 1.27. The molecule has 1 saturated heterocycles. The van der Waals surface area contributed by atoms with E-state index in [0.29, 0.717) is 12.1 Å².